The summed E-state index contributed by atoms with van der Waals surface area (Å²) in [6.07, 6.45) is 33.1. The molecule has 0 radical (unpaired) electrons. The van der Waals surface area contributed by atoms with Crippen LogP contribution in [0.5, 0.6) is 0 Å². The van der Waals surface area contributed by atoms with Crippen LogP contribution >= 0.6 is 7.26 Å². The van der Waals surface area contributed by atoms with Crippen molar-refractivity contribution < 1.29 is 12.4 Å². The van der Waals surface area contributed by atoms with Crippen LogP contribution in [-0.4, -0.2) is 24.6 Å². The van der Waals surface area contributed by atoms with Crippen molar-refractivity contribution in [3.63, 3.8) is 0 Å². The summed E-state index contributed by atoms with van der Waals surface area (Å²) < 4.78 is 0. The van der Waals surface area contributed by atoms with Gasteiger partial charge in [0.1, 0.15) is 0 Å². The third-order valence-electron chi connectivity index (χ3n) is 6.44. The zero-order valence-electron chi connectivity index (χ0n) is 20.4. The Kier molecular flexibility index (Phi) is 26.5. The first kappa shape index (κ1) is 30.9. The normalized spacial score (nSPS) is 11.6. The molecule has 0 aliphatic carbocycles. The van der Waals surface area contributed by atoms with Crippen molar-refractivity contribution in [2.24, 2.45) is 0 Å². The molecule has 0 bridgehead atoms. The fourth-order valence-electron chi connectivity index (χ4n) is 4.52. The summed E-state index contributed by atoms with van der Waals surface area (Å²) in [6, 6.07) is 0. The van der Waals surface area contributed by atoms with E-state index >= 15 is 0 Å². The Balaban J connectivity index is 0. The first-order valence-electron chi connectivity index (χ1n) is 13.1. The lowest BCUT2D eigenvalue weighted by Gasteiger charge is -2.28. The standard InChI is InChI=1S/C26H56P.ClH/c1-5-9-13-16-20-24-27(23-19-12-8-4,25-21-17-14-10-6-2)26-22-18-15-11-7-3;/h5-26H2,1-4H3;1H/q+1;/p-1. The maximum Gasteiger partial charge on any atom is 0.0594 e. The molecular weight excluding hydrogens is 379 g/mol. The monoisotopic (exact) mass is 434 g/mol. The van der Waals surface area contributed by atoms with Crippen molar-refractivity contribution in [2.45, 2.75) is 143 Å². The minimum Gasteiger partial charge on any atom is -1.00 e. The van der Waals surface area contributed by atoms with Crippen LogP contribution in [0.2, 0.25) is 0 Å². The van der Waals surface area contributed by atoms with Gasteiger partial charge in [-0.2, -0.15) is 0 Å². The number of unbranched alkanes of at least 4 members (excludes halogenated alkanes) is 14. The van der Waals surface area contributed by atoms with Crippen LogP contribution < -0.4 is 12.4 Å². The summed E-state index contributed by atoms with van der Waals surface area (Å²) in [5, 5.41) is 0. The molecule has 2 heteroatoms. The zero-order valence-corrected chi connectivity index (χ0v) is 22.0. The molecule has 0 aliphatic heterocycles. The Labute approximate surface area is 187 Å². The number of halogens is 1. The van der Waals surface area contributed by atoms with Crippen molar-refractivity contribution in [3.05, 3.63) is 0 Å². The van der Waals surface area contributed by atoms with Crippen molar-refractivity contribution in [2.75, 3.05) is 24.6 Å². The first-order chi connectivity index (χ1) is 13.2. The van der Waals surface area contributed by atoms with Crippen LogP contribution in [0, 0.1) is 0 Å². The highest BCUT2D eigenvalue weighted by Gasteiger charge is 2.34. The molecule has 0 spiro atoms. The summed E-state index contributed by atoms with van der Waals surface area (Å²) in [4.78, 5) is 0. The molecule has 0 rings (SSSR count). The highest BCUT2D eigenvalue weighted by atomic mass is 35.5. The maximum absolute atomic E-state index is 2.38. The second kappa shape index (κ2) is 24.0. The topological polar surface area (TPSA) is 0 Å². The lowest BCUT2D eigenvalue weighted by Crippen LogP contribution is -3.00. The fraction of sp³-hybridized carbons (Fsp3) is 1.00. The lowest BCUT2D eigenvalue weighted by atomic mass is 10.2. The summed E-state index contributed by atoms with van der Waals surface area (Å²) in [5.41, 5.74) is 0. The third-order valence-corrected chi connectivity index (χ3v) is 11.5. The minimum absolute atomic E-state index is 0. The van der Waals surface area contributed by atoms with Crippen LogP contribution in [0.3, 0.4) is 0 Å². The third kappa shape index (κ3) is 18.7. The Morgan fingerprint density at radius 1 is 0.321 bits per heavy atom. The molecule has 0 N–H and O–H groups in total. The molecule has 0 atom stereocenters. The number of hydrogen-bond acceptors (Lipinski definition) is 0. The molecule has 0 nitrogen and oxygen atoms in total. The molecule has 28 heavy (non-hydrogen) atoms. The van der Waals surface area contributed by atoms with Gasteiger partial charge in [0, 0.05) is 7.26 Å². The van der Waals surface area contributed by atoms with E-state index in [1.54, 1.807) is 43.9 Å². The summed E-state index contributed by atoms with van der Waals surface area (Å²) in [7, 11) is -0.672. The largest absolute Gasteiger partial charge is 1.00 e. The number of hydrogen-bond donors (Lipinski definition) is 0. The van der Waals surface area contributed by atoms with Crippen LogP contribution in [0.25, 0.3) is 0 Å². The Morgan fingerprint density at radius 3 is 0.821 bits per heavy atom. The second-order valence-corrected chi connectivity index (χ2v) is 13.7. The van der Waals surface area contributed by atoms with Crippen LogP contribution in [0.4, 0.5) is 0 Å². The van der Waals surface area contributed by atoms with Gasteiger partial charge in [-0.25, -0.2) is 0 Å². The molecule has 0 saturated carbocycles. The predicted octanol–water partition coefficient (Wildman–Crippen LogP) is 7.11. The molecule has 0 saturated heterocycles. The van der Waals surface area contributed by atoms with Gasteiger partial charge in [0.05, 0.1) is 24.6 Å². The van der Waals surface area contributed by atoms with E-state index in [2.05, 4.69) is 27.7 Å². The van der Waals surface area contributed by atoms with Crippen molar-refractivity contribution in [1.29, 1.82) is 0 Å². The maximum atomic E-state index is 2.38. The van der Waals surface area contributed by atoms with E-state index in [1.807, 2.05) is 0 Å². The molecule has 0 aromatic rings. The zero-order chi connectivity index (χ0) is 20.1. The summed E-state index contributed by atoms with van der Waals surface area (Å²) in [5.74, 6) is 0. The summed E-state index contributed by atoms with van der Waals surface area (Å²) in [6.45, 7) is 9.40. The molecule has 0 aliphatic rings. The Morgan fingerprint density at radius 2 is 0.536 bits per heavy atom. The first-order valence-corrected chi connectivity index (χ1v) is 15.6. The predicted molar refractivity (Wildman–Crippen MR) is 132 cm³/mol. The second-order valence-electron chi connectivity index (χ2n) is 9.19. The average molecular weight is 435 g/mol. The van der Waals surface area contributed by atoms with Crippen molar-refractivity contribution >= 4 is 7.26 Å². The van der Waals surface area contributed by atoms with Crippen molar-refractivity contribution in [1.82, 2.24) is 0 Å². The highest BCUT2D eigenvalue weighted by Crippen LogP contribution is 2.61. The van der Waals surface area contributed by atoms with Gasteiger partial charge >= 0.3 is 0 Å². The number of rotatable bonds is 22. The summed E-state index contributed by atoms with van der Waals surface area (Å²) >= 11 is 0. The van der Waals surface area contributed by atoms with Gasteiger partial charge < -0.3 is 12.4 Å². The van der Waals surface area contributed by atoms with Gasteiger partial charge in [0.15, 0.2) is 0 Å². The Bertz CT molecular complexity index is 244. The Hall–Kier alpha value is 0.720. The van der Waals surface area contributed by atoms with Crippen LogP contribution in [0.1, 0.15) is 143 Å². The molecule has 0 heterocycles. The smallest absolute Gasteiger partial charge is 0.0594 e. The average Bonchev–Trinajstić information content (AvgIpc) is 2.67. The minimum atomic E-state index is -0.672. The molecule has 0 fully saturated rings. The van der Waals surface area contributed by atoms with Gasteiger partial charge in [-0.3, -0.25) is 0 Å². The van der Waals surface area contributed by atoms with Gasteiger partial charge in [0.25, 0.3) is 0 Å². The van der Waals surface area contributed by atoms with Crippen LogP contribution in [-0.2, 0) is 0 Å². The molecule has 0 aromatic heterocycles. The van der Waals surface area contributed by atoms with E-state index < -0.39 is 7.26 Å². The molecule has 0 aromatic carbocycles. The van der Waals surface area contributed by atoms with E-state index in [1.165, 1.54) is 96.3 Å². The van der Waals surface area contributed by atoms with Gasteiger partial charge in [-0.15, -0.1) is 0 Å². The van der Waals surface area contributed by atoms with E-state index in [0.717, 1.165) is 0 Å². The quantitative estimate of drug-likeness (QED) is 0.126. The van der Waals surface area contributed by atoms with Gasteiger partial charge in [0.2, 0.25) is 0 Å². The van der Waals surface area contributed by atoms with Gasteiger partial charge in [-0.1, -0.05) is 98.3 Å². The van der Waals surface area contributed by atoms with Gasteiger partial charge in [-0.05, 0) is 44.9 Å². The van der Waals surface area contributed by atoms with Crippen LogP contribution in [0.15, 0.2) is 0 Å². The SMILES string of the molecule is CCCCCCC[P+](CCCCC)(CCCCCCC)CCCCCCC.[Cl-]. The van der Waals surface area contributed by atoms with E-state index in [-0.39, 0.29) is 12.4 Å². The molecule has 172 valence electrons. The fourth-order valence-corrected chi connectivity index (χ4v) is 9.44. The molecular formula is C26H56ClP. The van der Waals surface area contributed by atoms with E-state index in [4.69, 9.17) is 0 Å². The van der Waals surface area contributed by atoms with E-state index in [9.17, 15) is 0 Å². The lowest BCUT2D eigenvalue weighted by molar-refractivity contribution is -0.00000624. The van der Waals surface area contributed by atoms with E-state index in [0.29, 0.717) is 0 Å². The molecule has 0 unspecified atom stereocenters. The molecule has 0 amide bonds. The van der Waals surface area contributed by atoms with Crippen molar-refractivity contribution in [3.8, 4) is 0 Å². The highest BCUT2D eigenvalue weighted by molar-refractivity contribution is 7.75.